The van der Waals surface area contributed by atoms with E-state index in [1.807, 2.05) is 24.3 Å². The van der Waals surface area contributed by atoms with Crippen molar-refractivity contribution < 1.29 is 0 Å². The van der Waals surface area contributed by atoms with Crippen LogP contribution >= 0.6 is 0 Å². The van der Waals surface area contributed by atoms with Crippen molar-refractivity contribution in [3.8, 4) is 78.7 Å². The second-order valence-corrected chi connectivity index (χ2v) is 16.2. The smallest absolute Gasteiger partial charge is 0.179 e. The number of pyridine rings is 2. The summed E-state index contributed by atoms with van der Waals surface area (Å²) >= 11 is 0. The third-order valence-electron chi connectivity index (χ3n) is 12.3. The molecule has 0 aliphatic rings. The van der Waals surface area contributed by atoms with Crippen LogP contribution in [0.2, 0.25) is 0 Å². The first-order valence-electron chi connectivity index (χ1n) is 21.6. The molecule has 0 spiro atoms. The van der Waals surface area contributed by atoms with E-state index in [1.165, 1.54) is 32.5 Å². The fourth-order valence-electron chi connectivity index (χ4n) is 9.15. The summed E-state index contributed by atoms with van der Waals surface area (Å²) in [5.74, 6) is 0.586. The molecule has 0 atom stereocenters. The predicted octanol–water partition coefficient (Wildman–Crippen LogP) is 15.5. The first kappa shape index (κ1) is 37.2. The quantitative estimate of drug-likeness (QED) is 0.150. The van der Waals surface area contributed by atoms with Crippen LogP contribution in [0, 0.1) is 0 Å². The molecule has 298 valence electrons. The van der Waals surface area contributed by atoms with Crippen LogP contribution in [-0.2, 0) is 0 Å². The number of nitrogens with zero attached hydrogens (tertiary/aromatic N) is 4. The SMILES string of the molecule is c1ccc(-c2cccc(-c3cc(-c4cccc(-c5ccc(-c6cc7c(-c8ccc9ccccc9c8)nc8ccccc8c7c7ccccc67)cc5)c4)nc(-c4ccccn4)n3)c2)cc1. The van der Waals surface area contributed by atoms with E-state index in [9.17, 15) is 0 Å². The molecule has 0 amide bonds. The number of aromatic nitrogens is 4. The topological polar surface area (TPSA) is 51.6 Å². The summed E-state index contributed by atoms with van der Waals surface area (Å²) in [5, 5.41) is 8.37. The zero-order valence-corrected chi connectivity index (χ0v) is 34.7. The molecule has 0 unspecified atom stereocenters. The fourth-order valence-corrected chi connectivity index (χ4v) is 9.15. The highest BCUT2D eigenvalue weighted by Crippen LogP contribution is 2.42. The molecular formula is C60H38N4. The summed E-state index contributed by atoms with van der Waals surface area (Å²) in [6.07, 6.45) is 1.79. The molecule has 0 aliphatic carbocycles. The lowest BCUT2D eigenvalue weighted by molar-refractivity contribution is 1.15. The summed E-state index contributed by atoms with van der Waals surface area (Å²) in [7, 11) is 0. The maximum absolute atomic E-state index is 5.36. The molecule has 3 heterocycles. The Morgan fingerprint density at radius 3 is 1.59 bits per heavy atom. The van der Waals surface area contributed by atoms with Crippen molar-refractivity contribution in [2.24, 2.45) is 0 Å². The van der Waals surface area contributed by atoms with E-state index < -0.39 is 0 Å². The second-order valence-electron chi connectivity index (χ2n) is 16.2. The van der Waals surface area contributed by atoms with Crippen LogP contribution in [0.4, 0.5) is 0 Å². The Labute approximate surface area is 370 Å². The van der Waals surface area contributed by atoms with Gasteiger partial charge >= 0.3 is 0 Å². The number of hydrogen-bond acceptors (Lipinski definition) is 4. The average Bonchev–Trinajstić information content (AvgIpc) is 3.38. The summed E-state index contributed by atoms with van der Waals surface area (Å²) in [6, 6.07) is 79.4. The number of fused-ring (bicyclic) bond motifs is 6. The standard InChI is InChI=1S/C60H38N4/c1-2-14-39(15-3-1)44-18-12-20-46(34-44)56-38-57(64-60(63-56)55-26-10-11-33-61-55)47-21-13-19-45(35-47)41-27-30-42(31-28-41)52-37-53-58(50-23-7-6-22-49(50)52)51-24-8-9-25-54(51)62-59(53)48-32-29-40-16-4-5-17-43(40)36-48/h1-38H. The van der Waals surface area contributed by atoms with Gasteiger partial charge in [0.2, 0.25) is 0 Å². The normalized spacial score (nSPS) is 11.4. The zero-order chi connectivity index (χ0) is 42.4. The van der Waals surface area contributed by atoms with E-state index in [-0.39, 0.29) is 0 Å². The molecule has 0 saturated heterocycles. The van der Waals surface area contributed by atoms with Crippen LogP contribution in [0.25, 0.3) is 122 Å². The highest BCUT2D eigenvalue weighted by Gasteiger charge is 2.18. The van der Waals surface area contributed by atoms with Gasteiger partial charge < -0.3 is 0 Å². The fraction of sp³-hybridized carbons (Fsp3) is 0. The highest BCUT2D eigenvalue weighted by atomic mass is 14.9. The molecule has 0 fully saturated rings. The van der Waals surface area contributed by atoms with Crippen molar-refractivity contribution in [2.45, 2.75) is 0 Å². The second kappa shape index (κ2) is 15.7. The summed E-state index contributed by atoms with van der Waals surface area (Å²) in [5.41, 5.74) is 14.3. The Morgan fingerprint density at radius 2 is 0.859 bits per heavy atom. The average molecular weight is 815 g/mol. The third-order valence-corrected chi connectivity index (χ3v) is 12.3. The van der Waals surface area contributed by atoms with Gasteiger partial charge in [-0.1, -0.05) is 176 Å². The van der Waals surface area contributed by atoms with Gasteiger partial charge in [0, 0.05) is 39.0 Å². The molecule has 4 heteroatoms. The Morgan fingerprint density at radius 1 is 0.281 bits per heavy atom. The molecular weight excluding hydrogens is 777 g/mol. The molecule has 9 aromatic carbocycles. The lowest BCUT2D eigenvalue weighted by Gasteiger charge is -2.16. The first-order chi connectivity index (χ1) is 31.7. The van der Waals surface area contributed by atoms with Gasteiger partial charge in [-0.05, 0) is 103 Å². The summed E-state index contributed by atoms with van der Waals surface area (Å²) < 4.78 is 0. The van der Waals surface area contributed by atoms with Crippen molar-refractivity contribution in [3.05, 3.63) is 231 Å². The Bertz CT molecular complexity index is 3710. The molecule has 0 saturated carbocycles. The van der Waals surface area contributed by atoms with Crippen molar-refractivity contribution in [1.29, 1.82) is 0 Å². The van der Waals surface area contributed by atoms with E-state index in [0.717, 1.165) is 83.6 Å². The van der Waals surface area contributed by atoms with Gasteiger partial charge in [0.25, 0.3) is 0 Å². The summed E-state index contributed by atoms with van der Waals surface area (Å²) in [6.45, 7) is 0. The molecule has 0 aliphatic heterocycles. The van der Waals surface area contributed by atoms with Gasteiger partial charge in [0.1, 0.15) is 5.69 Å². The van der Waals surface area contributed by atoms with Gasteiger partial charge in [-0.2, -0.15) is 0 Å². The molecule has 64 heavy (non-hydrogen) atoms. The number of benzene rings is 9. The van der Waals surface area contributed by atoms with Crippen molar-refractivity contribution in [2.75, 3.05) is 0 Å². The van der Waals surface area contributed by atoms with Gasteiger partial charge in [0.15, 0.2) is 5.82 Å². The van der Waals surface area contributed by atoms with Crippen LogP contribution in [0.5, 0.6) is 0 Å². The Balaban J connectivity index is 0.956. The van der Waals surface area contributed by atoms with Gasteiger partial charge in [-0.3, -0.25) is 4.98 Å². The highest BCUT2D eigenvalue weighted by molar-refractivity contribution is 6.25. The first-order valence-corrected chi connectivity index (χ1v) is 21.6. The van der Waals surface area contributed by atoms with E-state index in [1.54, 1.807) is 6.20 Å². The molecule has 12 aromatic rings. The lowest BCUT2D eigenvalue weighted by Crippen LogP contribution is -1.97. The maximum atomic E-state index is 5.36. The largest absolute Gasteiger partial charge is 0.253 e. The minimum atomic E-state index is 0.586. The van der Waals surface area contributed by atoms with Gasteiger partial charge in [-0.15, -0.1) is 0 Å². The van der Waals surface area contributed by atoms with E-state index in [0.29, 0.717) is 5.82 Å². The number of hydrogen-bond donors (Lipinski definition) is 0. The minimum absolute atomic E-state index is 0.586. The third kappa shape index (κ3) is 6.75. The van der Waals surface area contributed by atoms with Crippen LogP contribution in [0.3, 0.4) is 0 Å². The summed E-state index contributed by atoms with van der Waals surface area (Å²) in [4.78, 5) is 20.2. The monoisotopic (exact) mass is 814 g/mol. The van der Waals surface area contributed by atoms with E-state index >= 15 is 0 Å². The zero-order valence-electron chi connectivity index (χ0n) is 34.7. The molecule has 0 radical (unpaired) electrons. The van der Waals surface area contributed by atoms with Crippen LogP contribution in [-0.4, -0.2) is 19.9 Å². The Hall–Kier alpha value is -8.60. The van der Waals surface area contributed by atoms with Gasteiger partial charge in [0.05, 0.1) is 22.6 Å². The molecule has 12 rings (SSSR count). The number of para-hydroxylation sites is 1. The molecule has 0 bridgehead atoms. The molecule has 3 aromatic heterocycles. The maximum Gasteiger partial charge on any atom is 0.179 e. The van der Waals surface area contributed by atoms with E-state index in [2.05, 4.69) is 205 Å². The van der Waals surface area contributed by atoms with Crippen molar-refractivity contribution in [1.82, 2.24) is 19.9 Å². The Kier molecular flexibility index (Phi) is 9.12. The van der Waals surface area contributed by atoms with Crippen molar-refractivity contribution in [3.63, 3.8) is 0 Å². The van der Waals surface area contributed by atoms with Crippen LogP contribution in [0.1, 0.15) is 0 Å². The van der Waals surface area contributed by atoms with Gasteiger partial charge in [-0.25, -0.2) is 15.0 Å². The molecule has 4 nitrogen and oxygen atoms in total. The lowest BCUT2D eigenvalue weighted by atomic mass is 9.89. The minimum Gasteiger partial charge on any atom is -0.253 e. The number of rotatable bonds is 7. The van der Waals surface area contributed by atoms with E-state index in [4.69, 9.17) is 15.0 Å². The van der Waals surface area contributed by atoms with Crippen LogP contribution < -0.4 is 0 Å². The predicted molar refractivity (Wildman–Crippen MR) is 266 cm³/mol. The molecule has 0 N–H and O–H groups in total. The van der Waals surface area contributed by atoms with Crippen molar-refractivity contribution >= 4 is 43.2 Å². The van der Waals surface area contributed by atoms with Crippen LogP contribution in [0.15, 0.2) is 231 Å².